The summed E-state index contributed by atoms with van der Waals surface area (Å²) in [6.07, 6.45) is 3.48. The summed E-state index contributed by atoms with van der Waals surface area (Å²) in [5.74, 6) is 0. The van der Waals surface area contributed by atoms with Crippen molar-refractivity contribution in [3.8, 4) is 0 Å². The molecular formula is C64H70BN3. The predicted octanol–water partition coefficient (Wildman–Crippen LogP) is 15.8. The van der Waals surface area contributed by atoms with Crippen LogP contribution in [0.5, 0.6) is 0 Å². The Balaban J connectivity index is 1.25. The summed E-state index contributed by atoms with van der Waals surface area (Å²) in [4.78, 5) is 7.77. The minimum Gasteiger partial charge on any atom is -0.311 e. The van der Waals surface area contributed by atoms with E-state index in [1.165, 1.54) is 108 Å². The molecule has 4 aliphatic rings. The van der Waals surface area contributed by atoms with Crippen LogP contribution in [0.25, 0.3) is 0 Å². The summed E-state index contributed by atoms with van der Waals surface area (Å²) >= 11 is 0. The molecule has 7 aromatic carbocycles. The number of nitrogens with zero attached hydrogens (tertiary/aromatic N) is 3. The van der Waals surface area contributed by atoms with Gasteiger partial charge in [-0.2, -0.15) is 0 Å². The molecule has 3 nitrogen and oxygen atoms in total. The highest BCUT2D eigenvalue weighted by Gasteiger charge is 2.48. The summed E-state index contributed by atoms with van der Waals surface area (Å²) in [6.45, 7) is 33.7. The maximum Gasteiger partial charge on any atom is 0.252 e. The van der Waals surface area contributed by atoms with Gasteiger partial charge in [0.15, 0.2) is 0 Å². The van der Waals surface area contributed by atoms with E-state index in [1.807, 2.05) is 0 Å². The fraction of sp³-hybridized carbons (Fsp3) is 0.344. The van der Waals surface area contributed by atoms with Gasteiger partial charge in [0, 0.05) is 51.2 Å². The Kier molecular flexibility index (Phi) is 9.82. The number of anilines is 9. The number of hydrogen-bond acceptors (Lipinski definition) is 3. The quantitative estimate of drug-likeness (QED) is 0.159. The molecule has 0 saturated heterocycles. The summed E-state index contributed by atoms with van der Waals surface area (Å²) in [5.41, 5.74) is 26.7. The van der Waals surface area contributed by atoms with Crippen LogP contribution in [0.3, 0.4) is 0 Å². The number of hydrogen-bond donors (Lipinski definition) is 0. The van der Waals surface area contributed by atoms with Crippen molar-refractivity contribution < 1.29 is 0 Å². The predicted molar refractivity (Wildman–Crippen MR) is 294 cm³/mol. The number of aryl methyl sites for hydroxylation is 3. The van der Waals surface area contributed by atoms with E-state index in [2.05, 4.69) is 245 Å². The van der Waals surface area contributed by atoms with Crippen LogP contribution in [0, 0.1) is 20.8 Å². The third kappa shape index (κ3) is 6.82. The molecule has 0 aromatic heterocycles. The van der Waals surface area contributed by atoms with E-state index < -0.39 is 0 Å². The first kappa shape index (κ1) is 44.5. The van der Waals surface area contributed by atoms with Crippen LogP contribution in [0.4, 0.5) is 51.2 Å². The van der Waals surface area contributed by atoms with Gasteiger partial charge >= 0.3 is 0 Å². The summed E-state index contributed by atoms with van der Waals surface area (Å²) < 4.78 is 0. The van der Waals surface area contributed by atoms with Gasteiger partial charge in [-0.3, -0.25) is 0 Å². The van der Waals surface area contributed by atoms with Crippen LogP contribution in [-0.2, 0) is 27.1 Å². The summed E-state index contributed by atoms with van der Waals surface area (Å²) in [5, 5.41) is 0. The van der Waals surface area contributed by atoms with Crippen molar-refractivity contribution in [1.82, 2.24) is 0 Å². The second kappa shape index (κ2) is 15.0. The van der Waals surface area contributed by atoms with Crippen LogP contribution in [0.2, 0.25) is 0 Å². The van der Waals surface area contributed by atoms with E-state index in [0.29, 0.717) is 0 Å². The molecule has 4 heteroatoms. The SMILES string of the molecule is Cc1cc2c3c(c1)N(c1cc4c(cc1C)C(C)(C)CC4(C)C)c1cc4c(cc1B3c1ccc(N(c3ccccc3)c3ccccc3)cc1N2c1ccc(C(C)(C)C)cc1C)C(C)(C)CCC4(C)C. The first-order chi connectivity index (χ1) is 32.1. The Labute approximate surface area is 408 Å². The smallest absolute Gasteiger partial charge is 0.252 e. The van der Waals surface area contributed by atoms with E-state index in [4.69, 9.17) is 0 Å². The maximum absolute atomic E-state index is 2.71. The Morgan fingerprint density at radius 3 is 1.51 bits per heavy atom. The van der Waals surface area contributed by atoms with Crippen molar-refractivity contribution in [2.75, 3.05) is 14.7 Å². The van der Waals surface area contributed by atoms with Crippen molar-refractivity contribution in [3.05, 3.63) is 178 Å². The fourth-order valence-electron chi connectivity index (χ4n) is 13.2. The van der Waals surface area contributed by atoms with Gasteiger partial charge in [-0.25, -0.2) is 0 Å². The monoisotopic (exact) mass is 892 g/mol. The largest absolute Gasteiger partial charge is 0.311 e. The van der Waals surface area contributed by atoms with Gasteiger partial charge in [0.05, 0.1) is 0 Å². The molecule has 2 heterocycles. The molecule has 11 rings (SSSR count). The minimum atomic E-state index is 0.0134. The minimum absolute atomic E-state index is 0.0134. The van der Waals surface area contributed by atoms with Crippen molar-refractivity contribution in [3.63, 3.8) is 0 Å². The van der Waals surface area contributed by atoms with Crippen LogP contribution in [-0.4, -0.2) is 6.71 Å². The average molecular weight is 892 g/mol. The van der Waals surface area contributed by atoms with Crippen molar-refractivity contribution in [1.29, 1.82) is 0 Å². The standard InChI is InChI=1S/C64H70BN3/c1-40-31-57-59-58(32-40)68(54-37-50-47(34-42(54)3)63(11,12)39-64(50,13)14)56-38-49-48(61(7,8)29-30-62(49,9)10)36-52(56)65(59)51-27-26-46(66(44-21-17-15-18-22-44)45-23-19-16-20-24-45)35-55(51)67(57)53-28-25-43(33-41(53)2)60(4,5)6/h15-28,31-38H,29-30,39H2,1-14H3. The second-order valence-electron chi connectivity index (χ2n) is 24.7. The van der Waals surface area contributed by atoms with Gasteiger partial charge < -0.3 is 14.7 Å². The Hall–Kier alpha value is -6.00. The highest BCUT2D eigenvalue weighted by molar-refractivity contribution is 7.00. The van der Waals surface area contributed by atoms with Crippen molar-refractivity contribution in [2.45, 2.75) is 143 Å². The fourth-order valence-corrected chi connectivity index (χ4v) is 13.2. The topological polar surface area (TPSA) is 9.72 Å². The molecule has 0 N–H and O–H groups in total. The zero-order valence-corrected chi connectivity index (χ0v) is 43.2. The molecule has 2 aliphatic carbocycles. The molecule has 68 heavy (non-hydrogen) atoms. The third-order valence-corrected chi connectivity index (χ3v) is 16.7. The van der Waals surface area contributed by atoms with Crippen molar-refractivity contribution in [2.24, 2.45) is 0 Å². The molecule has 344 valence electrons. The number of para-hydroxylation sites is 2. The molecule has 0 fully saturated rings. The molecule has 0 bridgehead atoms. The lowest BCUT2D eigenvalue weighted by Gasteiger charge is -2.48. The molecule has 0 atom stereocenters. The maximum atomic E-state index is 2.71. The van der Waals surface area contributed by atoms with Crippen LogP contribution in [0.1, 0.15) is 140 Å². The molecule has 0 radical (unpaired) electrons. The first-order valence-corrected chi connectivity index (χ1v) is 25.3. The van der Waals surface area contributed by atoms with Gasteiger partial charge in [-0.1, -0.05) is 143 Å². The lowest BCUT2D eigenvalue weighted by molar-refractivity contribution is 0.332. The third-order valence-electron chi connectivity index (χ3n) is 16.7. The van der Waals surface area contributed by atoms with E-state index in [9.17, 15) is 0 Å². The number of benzene rings is 7. The molecule has 7 aromatic rings. The molecule has 0 unspecified atom stereocenters. The molecular weight excluding hydrogens is 822 g/mol. The highest BCUT2D eigenvalue weighted by Crippen LogP contribution is 2.55. The lowest BCUT2D eigenvalue weighted by atomic mass is 9.33. The van der Waals surface area contributed by atoms with E-state index >= 15 is 0 Å². The van der Waals surface area contributed by atoms with Gasteiger partial charge in [0.1, 0.15) is 0 Å². The second-order valence-corrected chi connectivity index (χ2v) is 24.7. The summed E-state index contributed by atoms with van der Waals surface area (Å²) in [6, 6.07) is 51.8. The normalized spacial score (nSPS) is 17.8. The van der Waals surface area contributed by atoms with Gasteiger partial charge in [-0.15, -0.1) is 0 Å². The van der Waals surface area contributed by atoms with E-state index in [0.717, 1.165) is 23.5 Å². The summed E-state index contributed by atoms with van der Waals surface area (Å²) in [7, 11) is 0. The Bertz CT molecular complexity index is 3140. The zero-order valence-electron chi connectivity index (χ0n) is 43.2. The van der Waals surface area contributed by atoms with E-state index in [-0.39, 0.29) is 33.8 Å². The van der Waals surface area contributed by atoms with Gasteiger partial charge in [0.2, 0.25) is 0 Å². The Morgan fingerprint density at radius 1 is 0.441 bits per heavy atom. The lowest BCUT2D eigenvalue weighted by Crippen LogP contribution is -2.62. The average Bonchev–Trinajstić information content (AvgIpc) is 3.46. The molecule has 0 amide bonds. The number of rotatable bonds is 5. The van der Waals surface area contributed by atoms with Crippen molar-refractivity contribution >= 4 is 74.3 Å². The van der Waals surface area contributed by atoms with E-state index in [1.54, 1.807) is 0 Å². The Morgan fingerprint density at radius 2 is 0.941 bits per heavy atom. The van der Waals surface area contributed by atoms with Crippen LogP contribution >= 0.6 is 0 Å². The highest BCUT2D eigenvalue weighted by atomic mass is 15.2. The number of fused-ring (bicyclic) bond motifs is 6. The molecule has 0 spiro atoms. The van der Waals surface area contributed by atoms with Crippen LogP contribution in [0.15, 0.2) is 133 Å². The molecule has 0 saturated carbocycles. The molecule has 2 aliphatic heterocycles. The van der Waals surface area contributed by atoms with Crippen LogP contribution < -0.4 is 31.1 Å². The van der Waals surface area contributed by atoms with Gasteiger partial charge in [0.25, 0.3) is 6.71 Å². The zero-order chi connectivity index (χ0) is 48.0. The first-order valence-electron chi connectivity index (χ1n) is 25.3. The van der Waals surface area contributed by atoms with Gasteiger partial charge in [-0.05, 0) is 195 Å².